The quantitative estimate of drug-likeness (QED) is 0.792. The SMILES string of the molecule is CCCC(C)C(N)Cc1ccccc1F. The van der Waals surface area contributed by atoms with Crippen molar-refractivity contribution in [1.29, 1.82) is 0 Å². The lowest BCUT2D eigenvalue weighted by Crippen LogP contribution is -2.30. The Morgan fingerprint density at radius 2 is 2.00 bits per heavy atom. The van der Waals surface area contributed by atoms with Crippen molar-refractivity contribution in [2.24, 2.45) is 11.7 Å². The van der Waals surface area contributed by atoms with Crippen LogP contribution in [0.2, 0.25) is 0 Å². The van der Waals surface area contributed by atoms with Gasteiger partial charge in [-0.15, -0.1) is 0 Å². The molecule has 1 aromatic rings. The van der Waals surface area contributed by atoms with E-state index >= 15 is 0 Å². The van der Waals surface area contributed by atoms with E-state index in [1.165, 1.54) is 6.07 Å². The maximum absolute atomic E-state index is 13.3. The molecule has 84 valence electrons. The molecule has 2 atom stereocenters. The van der Waals surface area contributed by atoms with Crippen LogP contribution >= 0.6 is 0 Å². The van der Waals surface area contributed by atoms with Gasteiger partial charge >= 0.3 is 0 Å². The lowest BCUT2D eigenvalue weighted by molar-refractivity contribution is 0.415. The minimum Gasteiger partial charge on any atom is -0.327 e. The van der Waals surface area contributed by atoms with Crippen LogP contribution in [0.3, 0.4) is 0 Å². The molecule has 0 aliphatic carbocycles. The normalized spacial score (nSPS) is 14.9. The average Bonchev–Trinajstić information content (AvgIpc) is 2.21. The topological polar surface area (TPSA) is 26.0 Å². The van der Waals surface area contributed by atoms with Crippen LogP contribution in [0.1, 0.15) is 32.3 Å². The first-order valence-corrected chi connectivity index (χ1v) is 5.64. The van der Waals surface area contributed by atoms with E-state index in [1.54, 1.807) is 6.07 Å². The molecule has 1 rings (SSSR count). The molecule has 0 radical (unpaired) electrons. The van der Waals surface area contributed by atoms with Crippen molar-refractivity contribution >= 4 is 0 Å². The standard InChI is InChI=1S/C13H20FN/c1-3-6-10(2)13(15)9-11-7-4-5-8-12(11)14/h4-5,7-8,10,13H,3,6,9,15H2,1-2H3. The summed E-state index contributed by atoms with van der Waals surface area (Å²) in [6, 6.07) is 6.93. The van der Waals surface area contributed by atoms with Gasteiger partial charge in [0.05, 0.1) is 0 Å². The lowest BCUT2D eigenvalue weighted by atomic mass is 9.92. The zero-order chi connectivity index (χ0) is 11.3. The predicted molar refractivity (Wildman–Crippen MR) is 62.2 cm³/mol. The van der Waals surface area contributed by atoms with E-state index in [9.17, 15) is 4.39 Å². The number of rotatable bonds is 5. The number of nitrogens with two attached hydrogens (primary N) is 1. The Morgan fingerprint density at radius 1 is 1.33 bits per heavy atom. The number of halogens is 1. The largest absolute Gasteiger partial charge is 0.327 e. The summed E-state index contributed by atoms with van der Waals surface area (Å²) in [5, 5.41) is 0. The monoisotopic (exact) mass is 209 g/mol. The zero-order valence-corrected chi connectivity index (χ0v) is 9.54. The summed E-state index contributed by atoms with van der Waals surface area (Å²) in [5.41, 5.74) is 6.77. The van der Waals surface area contributed by atoms with E-state index in [4.69, 9.17) is 5.73 Å². The highest BCUT2D eigenvalue weighted by atomic mass is 19.1. The van der Waals surface area contributed by atoms with Crippen LogP contribution in [-0.2, 0) is 6.42 Å². The van der Waals surface area contributed by atoms with Crippen LogP contribution in [0, 0.1) is 11.7 Å². The molecule has 0 heterocycles. The molecule has 0 saturated carbocycles. The minimum atomic E-state index is -0.142. The molecule has 0 bridgehead atoms. The lowest BCUT2D eigenvalue weighted by Gasteiger charge is -2.19. The van der Waals surface area contributed by atoms with Gasteiger partial charge in [-0.2, -0.15) is 0 Å². The summed E-state index contributed by atoms with van der Waals surface area (Å²) >= 11 is 0. The smallest absolute Gasteiger partial charge is 0.126 e. The second-order valence-electron chi connectivity index (χ2n) is 4.23. The van der Waals surface area contributed by atoms with Crippen molar-refractivity contribution in [3.8, 4) is 0 Å². The molecule has 0 spiro atoms. The first-order valence-electron chi connectivity index (χ1n) is 5.64. The number of hydrogen-bond acceptors (Lipinski definition) is 1. The fraction of sp³-hybridized carbons (Fsp3) is 0.538. The molecule has 15 heavy (non-hydrogen) atoms. The third kappa shape index (κ3) is 3.63. The summed E-state index contributed by atoms with van der Waals surface area (Å²) in [7, 11) is 0. The minimum absolute atomic E-state index is 0.0573. The molecular weight excluding hydrogens is 189 g/mol. The van der Waals surface area contributed by atoms with Gasteiger partial charge in [-0.3, -0.25) is 0 Å². The van der Waals surface area contributed by atoms with Gasteiger partial charge in [0.2, 0.25) is 0 Å². The second-order valence-corrected chi connectivity index (χ2v) is 4.23. The number of hydrogen-bond donors (Lipinski definition) is 1. The van der Waals surface area contributed by atoms with E-state index in [-0.39, 0.29) is 11.9 Å². The summed E-state index contributed by atoms with van der Waals surface area (Å²) in [5.74, 6) is 0.311. The average molecular weight is 209 g/mol. The van der Waals surface area contributed by atoms with E-state index < -0.39 is 0 Å². The molecule has 0 aliphatic heterocycles. The molecule has 2 unspecified atom stereocenters. The van der Waals surface area contributed by atoms with E-state index in [2.05, 4.69) is 13.8 Å². The summed E-state index contributed by atoms with van der Waals surface area (Å²) in [6.45, 7) is 4.28. The molecule has 0 amide bonds. The van der Waals surface area contributed by atoms with Gasteiger partial charge in [-0.1, -0.05) is 38.5 Å². The summed E-state index contributed by atoms with van der Waals surface area (Å²) < 4.78 is 13.3. The van der Waals surface area contributed by atoms with E-state index in [0.29, 0.717) is 12.3 Å². The second kappa shape index (κ2) is 5.86. The van der Waals surface area contributed by atoms with Crippen molar-refractivity contribution in [3.63, 3.8) is 0 Å². The Hall–Kier alpha value is -0.890. The van der Waals surface area contributed by atoms with E-state index in [0.717, 1.165) is 18.4 Å². The van der Waals surface area contributed by atoms with Gasteiger partial charge in [0.1, 0.15) is 5.82 Å². The Labute approximate surface area is 91.5 Å². The predicted octanol–water partition coefficient (Wildman–Crippen LogP) is 3.13. The van der Waals surface area contributed by atoms with E-state index in [1.807, 2.05) is 12.1 Å². The fourth-order valence-electron chi connectivity index (χ4n) is 1.79. The molecule has 0 aliphatic rings. The molecule has 0 fully saturated rings. The van der Waals surface area contributed by atoms with Crippen molar-refractivity contribution in [1.82, 2.24) is 0 Å². The van der Waals surface area contributed by atoms with Crippen LogP contribution in [0.5, 0.6) is 0 Å². The first-order chi connectivity index (χ1) is 7.15. The van der Waals surface area contributed by atoms with Crippen LogP contribution in [0.15, 0.2) is 24.3 Å². The molecule has 1 nitrogen and oxygen atoms in total. The Morgan fingerprint density at radius 3 is 2.60 bits per heavy atom. The van der Waals surface area contributed by atoms with Crippen LogP contribution < -0.4 is 5.73 Å². The molecule has 2 heteroatoms. The Bertz CT molecular complexity index is 298. The van der Waals surface area contributed by atoms with Crippen molar-refractivity contribution in [2.75, 3.05) is 0 Å². The number of benzene rings is 1. The van der Waals surface area contributed by atoms with Gasteiger partial charge in [0.15, 0.2) is 0 Å². The molecular formula is C13H20FN. The van der Waals surface area contributed by atoms with Crippen molar-refractivity contribution in [2.45, 2.75) is 39.2 Å². The molecule has 1 aromatic carbocycles. The highest BCUT2D eigenvalue weighted by molar-refractivity contribution is 5.18. The van der Waals surface area contributed by atoms with Gasteiger partial charge in [0.25, 0.3) is 0 Å². The van der Waals surface area contributed by atoms with Gasteiger partial charge in [-0.25, -0.2) is 4.39 Å². The van der Waals surface area contributed by atoms with Gasteiger partial charge < -0.3 is 5.73 Å². The highest BCUT2D eigenvalue weighted by Gasteiger charge is 2.13. The van der Waals surface area contributed by atoms with Gasteiger partial charge in [0, 0.05) is 6.04 Å². The highest BCUT2D eigenvalue weighted by Crippen LogP contribution is 2.15. The molecule has 2 N–H and O–H groups in total. The molecule has 0 saturated heterocycles. The van der Waals surface area contributed by atoms with Crippen LogP contribution in [-0.4, -0.2) is 6.04 Å². The maximum Gasteiger partial charge on any atom is 0.126 e. The van der Waals surface area contributed by atoms with Crippen molar-refractivity contribution < 1.29 is 4.39 Å². The molecule has 0 aromatic heterocycles. The third-order valence-electron chi connectivity index (χ3n) is 2.89. The summed E-state index contributed by atoms with van der Waals surface area (Å²) in [6.07, 6.45) is 2.87. The maximum atomic E-state index is 13.3. The van der Waals surface area contributed by atoms with Crippen LogP contribution in [0.25, 0.3) is 0 Å². The first kappa shape index (κ1) is 12.2. The third-order valence-corrected chi connectivity index (χ3v) is 2.89. The van der Waals surface area contributed by atoms with Crippen molar-refractivity contribution in [3.05, 3.63) is 35.6 Å². The Kier molecular flexibility index (Phi) is 4.76. The Balaban J connectivity index is 2.58. The summed E-state index contributed by atoms with van der Waals surface area (Å²) in [4.78, 5) is 0. The van der Waals surface area contributed by atoms with Gasteiger partial charge in [-0.05, 0) is 30.4 Å². The fourth-order valence-corrected chi connectivity index (χ4v) is 1.79. The zero-order valence-electron chi connectivity index (χ0n) is 9.54. The van der Waals surface area contributed by atoms with Crippen LogP contribution in [0.4, 0.5) is 4.39 Å².